The quantitative estimate of drug-likeness (QED) is 0.651. The van der Waals surface area contributed by atoms with Gasteiger partial charge in [-0.2, -0.15) is 10.2 Å². The summed E-state index contributed by atoms with van der Waals surface area (Å²) in [7, 11) is 3.76. The molecule has 1 atom stereocenters. The van der Waals surface area contributed by atoms with Crippen LogP contribution in [-0.4, -0.2) is 37.6 Å². The molecule has 0 fully saturated rings. The molecule has 1 aliphatic rings. The van der Waals surface area contributed by atoms with E-state index in [1.165, 1.54) is 11.3 Å². The zero-order chi connectivity index (χ0) is 17.3. The minimum absolute atomic E-state index is 0.141. The predicted octanol–water partition coefficient (Wildman–Crippen LogP) is 1.14. The van der Waals surface area contributed by atoms with E-state index in [1.54, 1.807) is 7.05 Å². The van der Waals surface area contributed by atoms with Gasteiger partial charge < -0.3 is 10.6 Å². The lowest BCUT2D eigenvalue weighted by atomic mass is 10.1. The van der Waals surface area contributed by atoms with Crippen LogP contribution in [0.5, 0.6) is 0 Å². The minimum atomic E-state index is 0.141. The topological polar surface area (TPSA) is 85.0 Å². The fraction of sp³-hybridized carbons (Fsp3) is 0.625. The lowest BCUT2D eigenvalue weighted by Crippen LogP contribution is -2.41. The molecule has 2 N–H and O–H groups in total. The standard InChI is InChI=1S/C16H26N8/c1-10-13(11(2)23(5)21-10)9-18-16(17-4)20-14-7-6-8-24-15(14)19-12(3)22-24/h14H,6-9H2,1-5H3,(H2,17,18,20). The van der Waals surface area contributed by atoms with Crippen molar-refractivity contribution in [1.29, 1.82) is 0 Å². The smallest absolute Gasteiger partial charge is 0.191 e. The maximum atomic E-state index is 4.56. The number of nitrogens with one attached hydrogen (secondary N) is 2. The van der Waals surface area contributed by atoms with Gasteiger partial charge in [-0.3, -0.25) is 9.67 Å². The highest BCUT2D eigenvalue weighted by molar-refractivity contribution is 5.80. The van der Waals surface area contributed by atoms with Crippen molar-refractivity contribution in [3.8, 4) is 0 Å². The highest BCUT2D eigenvalue weighted by Crippen LogP contribution is 2.22. The van der Waals surface area contributed by atoms with Crippen LogP contribution in [-0.2, 0) is 20.1 Å². The van der Waals surface area contributed by atoms with Crippen LogP contribution in [0.2, 0.25) is 0 Å². The molecular weight excluding hydrogens is 304 g/mol. The number of aliphatic imine (C=N–C) groups is 1. The Morgan fingerprint density at radius 3 is 2.75 bits per heavy atom. The Morgan fingerprint density at radius 1 is 1.29 bits per heavy atom. The fourth-order valence-electron chi connectivity index (χ4n) is 3.21. The Morgan fingerprint density at radius 2 is 2.08 bits per heavy atom. The van der Waals surface area contributed by atoms with Gasteiger partial charge in [0.25, 0.3) is 0 Å². The molecule has 0 saturated heterocycles. The van der Waals surface area contributed by atoms with Crippen molar-refractivity contribution >= 4 is 5.96 Å². The summed E-state index contributed by atoms with van der Waals surface area (Å²) in [4.78, 5) is 8.92. The van der Waals surface area contributed by atoms with Gasteiger partial charge >= 0.3 is 0 Å². The molecule has 1 aliphatic heterocycles. The zero-order valence-electron chi connectivity index (χ0n) is 15.1. The monoisotopic (exact) mass is 330 g/mol. The third-order valence-corrected chi connectivity index (χ3v) is 4.61. The van der Waals surface area contributed by atoms with E-state index >= 15 is 0 Å². The number of aryl methyl sites for hydroxylation is 4. The zero-order valence-corrected chi connectivity index (χ0v) is 15.1. The first kappa shape index (κ1) is 16.5. The Kier molecular flexibility index (Phi) is 4.55. The van der Waals surface area contributed by atoms with E-state index in [9.17, 15) is 0 Å². The molecule has 8 heteroatoms. The van der Waals surface area contributed by atoms with E-state index in [0.29, 0.717) is 6.54 Å². The van der Waals surface area contributed by atoms with Crippen LogP contribution in [0.25, 0.3) is 0 Å². The molecule has 0 aromatic carbocycles. The molecule has 0 radical (unpaired) electrons. The maximum Gasteiger partial charge on any atom is 0.191 e. The van der Waals surface area contributed by atoms with Gasteiger partial charge in [0, 0.05) is 38.4 Å². The molecule has 0 spiro atoms. The molecule has 0 amide bonds. The number of rotatable bonds is 3. The highest BCUT2D eigenvalue weighted by Gasteiger charge is 2.24. The van der Waals surface area contributed by atoms with Crippen LogP contribution in [0.1, 0.15) is 47.5 Å². The van der Waals surface area contributed by atoms with E-state index in [4.69, 9.17) is 0 Å². The number of hydrogen-bond acceptors (Lipinski definition) is 4. The second-order valence-electron chi connectivity index (χ2n) is 6.28. The second-order valence-corrected chi connectivity index (χ2v) is 6.28. The van der Waals surface area contributed by atoms with Gasteiger partial charge in [0.2, 0.25) is 0 Å². The SMILES string of the molecule is CN=C(NCc1c(C)nn(C)c1C)NC1CCCn2nc(C)nc21. The number of hydrogen-bond donors (Lipinski definition) is 2. The summed E-state index contributed by atoms with van der Waals surface area (Å²) in [6.07, 6.45) is 2.12. The first-order chi connectivity index (χ1) is 11.5. The van der Waals surface area contributed by atoms with Gasteiger partial charge in [-0.05, 0) is 33.6 Å². The average Bonchev–Trinajstić information content (AvgIpc) is 3.04. The summed E-state index contributed by atoms with van der Waals surface area (Å²) in [5, 5.41) is 15.8. The molecule has 2 aromatic rings. The third-order valence-electron chi connectivity index (χ3n) is 4.61. The molecule has 1 unspecified atom stereocenters. The molecule has 2 aromatic heterocycles. The number of aromatic nitrogens is 5. The van der Waals surface area contributed by atoms with Gasteiger partial charge in [0.15, 0.2) is 5.96 Å². The van der Waals surface area contributed by atoms with Gasteiger partial charge in [0.1, 0.15) is 11.6 Å². The van der Waals surface area contributed by atoms with E-state index < -0.39 is 0 Å². The molecule has 8 nitrogen and oxygen atoms in total. The van der Waals surface area contributed by atoms with Crippen molar-refractivity contribution < 1.29 is 0 Å². The summed E-state index contributed by atoms with van der Waals surface area (Å²) in [6.45, 7) is 7.69. The van der Waals surface area contributed by atoms with Gasteiger partial charge in [-0.25, -0.2) is 9.67 Å². The number of guanidine groups is 1. The Labute approximate surface area is 142 Å². The van der Waals surface area contributed by atoms with Crippen molar-refractivity contribution in [3.05, 3.63) is 28.6 Å². The van der Waals surface area contributed by atoms with Crippen molar-refractivity contribution in [3.63, 3.8) is 0 Å². The predicted molar refractivity (Wildman–Crippen MR) is 92.8 cm³/mol. The first-order valence-electron chi connectivity index (χ1n) is 8.37. The maximum absolute atomic E-state index is 4.56. The molecule has 3 heterocycles. The third kappa shape index (κ3) is 3.13. The number of nitrogens with zero attached hydrogens (tertiary/aromatic N) is 6. The normalized spacial score (nSPS) is 17.7. The van der Waals surface area contributed by atoms with Crippen LogP contribution < -0.4 is 10.6 Å². The number of fused-ring (bicyclic) bond motifs is 1. The van der Waals surface area contributed by atoms with Crippen molar-refractivity contribution in [2.75, 3.05) is 7.05 Å². The first-order valence-corrected chi connectivity index (χ1v) is 8.37. The van der Waals surface area contributed by atoms with Crippen LogP contribution in [0.3, 0.4) is 0 Å². The van der Waals surface area contributed by atoms with E-state index in [-0.39, 0.29) is 6.04 Å². The molecule has 0 bridgehead atoms. The highest BCUT2D eigenvalue weighted by atomic mass is 15.4. The summed E-state index contributed by atoms with van der Waals surface area (Å²) >= 11 is 0. The Hall–Kier alpha value is -2.38. The van der Waals surface area contributed by atoms with Crippen molar-refractivity contribution in [2.24, 2.45) is 12.0 Å². The van der Waals surface area contributed by atoms with Gasteiger partial charge in [-0.15, -0.1) is 0 Å². The van der Waals surface area contributed by atoms with Crippen molar-refractivity contribution in [2.45, 2.75) is 52.7 Å². The van der Waals surface area contributed by atoms with Crippen LogP contribution in [0, 0.1) is 20.8 Å². The van der Waals surface area contributed by atoms with Crippen LogP contribution >= 0.6 is 0 Å². The van der Waals surface area contributed by atoms with E-state index in [2.05, 4.69) is 37.7 Å². The van der Waals surface area contributed by atoms with Crippen LogP contribution in [0.15, 0.2) is 4.99 Å². The Balaban J connectivity index is 1.68. The molecule has 3 rings (SSSR count). The summed E-state index contributed by atoms with van der Waals surface area (Å²) in [5.74, 6) is 2.59. The molecule has 0 saturated carbocycles. The summed E-state index contributed by atoms with van der Waals surface area (Å²) < 4.78 is 3.91. The lowest BCUT2D eigenvalue weighted by Gasteiger charge is -2.25. The lowest BCUT2D eigenvalue weighted by molar-refractivity contribution is 0.397. The summed E-state index contributed by atoms with van der Waals surface area (Å²) in [6, 6.07) is 0.141. The molecule has 130 valence electrons. The average molecular weight is 330 g/mol. The largest absolute Gasteiger partial charge is 0.352 e. The fourth-order valence-corrected chi connectivity index (χ4v) is 3.21. The second kappa shape index (κ2) is 6.62. The Bertz CT molecular complexity index is 754. The van der Waals surface area contributed by atoms with E-state index in [0.717, 1.165) is 42.7 Å². The minimum Gasteiger partial charge on any atom is -0.352 e. The molecular formula is C16H26N8. The van der Waals surface area contributed by atoms with Gasteiger partial charge in [0.05, 0.1) is 11.7 Å². The van der Waals surface area contributed by atoms with Crippen LogP contribution in [0.4, 0.5) is 0 Å². The van der Waals surface area contributed by atoms with Gasteiger partial charge in [-0.1, -0.05) is 0 Å². The van der Waals surface area contributed by atoms with Crippen molar-refractivity contribution in [1.82, 2.24) is 35.2 Å². The molecule has 0 aliphatic carbocycles. The summed E-state index contributed by atoms with van der Waals surface area (Å²) in [5.41, 5.74) is 3.43. The van der Waals surface area contributed by atoms with E-state index in [1.807, 2.05) is 30.3 Å². The molecule has 24 heavy (non-hydrogen) atoms.